The Labute approximate surface area is 130 Å². The van der Waals surface area contributed by atoms with E-state index in [0.29, 0.717) is 13.2 Å². The van der Waals surface area contributed by atoms with Crippen molar-refractivity contribution in [3.8, 4) is 0 Å². The molecule has 4 rings (SSSR count). The number of hydrogen-bond donors (Lipinski definition) is 2. The minimum Gasteiger partial charge on any atom is -0.357 e. The van der Waals surface area contributed by atoms with Crippen LogP contribution in [0.25, 0.3) is 0 Å². The minimum atomic E-state index is -0.0545. The van der Waals surface area contributed by atoms with Gasteiger partial charge in [-0.1, -0.05) is 60.7 Å². The third kappa shape index (κ3) is 2.78. The third-order valence-corrected chi connectivity index (χ3v) is 4.31. The van der Waals surface area contributed by atoms with Crippen LogP contribution < -0.4 is 10.6 Å². The molecule has 0 radical (unpaired) electrons. The van der Waals surface area contributed by atoms with Gasteiger partial charge >= 0.3 is 0 Å². The fourth-order valence-electron chi connectivity index (χ4n) is 3.09. The van der Waals surface area contributed by atoms with Gasteiger partial charge in [0.25, 0.3) is 0 Å². The maximum absolute atomic E-state index is 5.99. The number of ether oxygens (including phenoxy) is 2. The Morgan fingerprint density at radius 3 is 1.45 bits per heavy atom. The number of hydrogen-bond acceptors (Lipinski definition) is 4. The van der Waals surface area contributed by atoms with E-state index in [1.807, 2.05) is 36.4 Å². The summed E-state index contributed by atoms with van der Waals surface area (Å²) in [5.74, 6) is 0. The molecule has 4 heteroatoms. The lowest BCUT2D eigenvalue weighted by atomic mass is 10.0. The Morgan fingerprint density at radius 2 is 1.05 bits per heavy atom. The summed E-state index contributed by atoms with van der Waals surface area (Å²) < 4.78 is 12.0. The van der Waals surface area contributed by atoms with Crippen molar-refractivity contribution in [1.82, 2.24) is 10.6 Å². The average molecular weight is 296 g/mol. The first kappa shape index (κ1) is 13.9. The minimum absolute atomic E-state index is 0.0545. The molecule has 22 heavy (non-hydrogen) atoms. The van der Waals surface area contributed by atoms with Gasteiger partial charge in [0.05, 0.1) is 25.3 Å². The molecule has 2 aliphatic rings. The Hall–Kier alpha value is -1.72. The molecule has 0 aromatic heterocycles. The molecule has 2 saturated heterocycles. The highest BCUT2D eigenvalue weighted by Crippen LogP contribution is 2.26. The molecular weight excluding hydrogens is 276 g/mol. The molecule has 114 valence electrons. The average Bonchev–Trinajstić information content (AvgIpc) is 2.62. The number of nitrogens with one attached hydrogen (secondary N) is 2. The fraction of sp³-hybridized carbons (Fsp3) is 0.333. The molecule has 4 nitrogen and oxygen atoms in total. The topological polar surface area (TPSA) is 42.5 Å². The zero-order valence-electron chi connectivity index (χ0n) is 12.3. The van der Waals surface area contributed by atoms with Crippen molar-refractivity contribution in [2.45, 2.75) is 24.5 Å². The van der Waals surface area contributed by atoms with E-state index in [1.165, 1.54) is 0 Å². The summed E-state index contributed by atoms with van der Waals surface area (Å²) in [6, 6.07) is 21.0. The summed E-state index contributed by atoms with van der Waals surface area (Å²) in [7, 11) is 0. The summed E-state index contributed by atoms with van der Waals surface area (Å²) >= 11 is 0. The van der Waals surface area contributed by atoms with Gasteiger partial charge in [0.2, 0.25) is 0 Å². The van der Waals surface area contributed by atoms with Crippen LogP contribution in [0.5, 0.6) is 0 Å². The highest BCUT2D eigenvalue weighted by Gasteiger charge is 2.36. The van der Waals surface area contributed by atoms with E-state index in [0.717, 1.165) is 11.1 Å². The first-order valence-corrected chi connectivity index (χ1v) is 7.75. The van der Waals surface area contributed by atoms with Crippen LogP contribution in [0.3, 0.4) is 0 Å². The molecule has 2 aromatic carbocycles. The maximum Gasteiger partial charge on any atom is 0.134 e. The van der Waals surface area contributed by atoms with E-state index in [9.17, 15) is 0 Å². The van der Waals surface area contributed by atoms with Crippen molar-refractivity contribution in [1.29, 1.82) is 0 Å². The van der Waals surface area contributed by atoms with E-state index < -0.39 is 0 Å². The maximum atomic E-state index is 5.99. The smallest absolute Gasteiger partial charge is 0.134 e. The molecular formula is C18H20N2O2. The second-order valence-electron chi connectivity index (χ2n) is 5.79. The molecule has 0 bridgehead atoms. The van der Waals surface area contributed by atoms with Crippen LogP contribution in [0, 0.1) is 0 Å². The fourth-order valence-corrected chi connectivity index (χ4v) is 3.09. The molecule has 0 unspecified atom stereocenters. The van der Waals surface area contributed by atoms with Gasteiger partial charge in [-0.3, -0.25) is 10.6 Å². The second kappa shape index (κ2) is 6.18. The zero-order valence-corrected chi connectivity index (χ0v) is 12.3. The predicted molar refractivity (Wildman–Crippen MR) is 84.1 cm³/mol. The standard InChI is InChI=1S/C18H20N2O2/c1-3-7-13(8-4-1)17-19-15-12-22-18(20-16(15)11-21-17)14-9-5-2-6-10-14/h1-10,15-20H,11-12H2/t15-,16-,17-,18-/m0/s1. The van der Waals surface area contributed by atoms with E-state index >= 15 is 0 Å². The van der Waals surface area contributed by atoms with E-state index in [2.05, 4.69) is 34.9 Å². The van der Waals surface area contributed by atoms with Crippen LogP contribution in [-0.2, 0) is 9.47 Å². The molecule has 0 amide bonds. The van der Waals surface area contributed by atoms with Crippen molar-refractivity contribution in [3.63, 3.8) is 0 Å². The van der Waals surface area contributed by atoms with Crippen LogP contribution in [0.1, 0.15) is 23.6 Å². The number of fused-ring (bicyclic) bond motifs is 1. The van der Waals surface area contributed by atoms with Gasteiger partial charge in [-0.2, -0.15) is 0 Å². The number of rotatable bonds is 2. The lowest BCUT2D eigenvalue weighted by Crippen LogP contribution is -2.62. The Morgan fingerprint density at radius 1 is 0.636 bits per heavy atom. The summed E-state index contributed by atoms with van der Waals surface area (Å²) in [5.41, 5.74) is 2.32. The van der Waals surface area contributed by atoms with Crippen molar-refractivity contribution < 1.29 is 9.47 Å². The van der Waals surface area contributed by atoms with Crippen molar-refractivity contribution in [2.24, 2.45) is 0 Å². The first-order chi connectivity index (χ1) is 10.9. The van der Waals surface area contributed by atoms with Gasteiger partial charge in [0.15, 0.2) is 0 Å². The predicted octanol–water partition coefficient (Wildman–Crippen LogP) is 2.36. The number of benzene rings is 2. The molecule has 2 heterocycles. The molecule has 2 fully saturated rings. The summed E-state index contributed by atoms with van der Waals surface area (Å²) in [4.78, 5) is 0. The van der Waals surface area contributed by atoms with Gasteiger partial charge in [0, 0.05) is 0 Å². The van der Waals surface area contributed by atoms with Crippen molar-refractivity contribution in [2.75, 3.05) is 13.2 Å². The van der Waals surface area contributed by atoms with Crippen LogP contribution in [-0.4, -0.2) is 25.3 Å². The normalized spacial score (nSPS) is 31.5. The first-order valence-electron chi connectivity index (χ1n) is 7.75. The molecule has 2 N–H and O–H groups in total. The Kier molecular flexibility index (Phi) is 3.91. The van der Waals surface area contributed by atoms with E-state index in [4.69, 9.17) is 9.47 Å². The highest BCUT2D eigenvalue weighted by atomic mass is 16.5. The highest BCUT2D eigenvalue weighted by molar-refractivity contribution is 5.20. The lowest BCUT2D eigenvalue weighted by molar-refractivity contribution is -0.115. The molecule has 0 spiro atoms. The molecule has 2 aliphatic heterocycles. The third-order valence-electron chi connectivity index (χ3n) is 4.31. The van der Waals surface area contributed by atoms with Gasteiger partial charge in [-0.15, -0.1) is 0 Å². The molecule has 0 saturated carbocycles. The summed E-state index contributed by atoms with van der Waals surface area (Å²) in [6.07, 6.45) is -0.109. The van der Waals surface area contributed by atoms with Gasteiger partial charge in [-0.05, 0) is 11.1 Å². The van der Waals surface area contributed by atoms with Gasteiger partial charge in [0.1, 0.15) is 12.5 Å². The second-order valence-corrected chi connectivity index (χ2v) is 5.79. The Balaban J connectivity index is 1.43. The SMILES string of the molecule is c1ccc([C@H]2N[C@H]3CO[C@@H](c4ccccc4)N[C@H]3CO2)cc1. The molecule has 4 atom stereocenters. The molecule has 2 aromatic rings. The van der Waals surface area contributed by atoms with Crippen molar-refractivity contribution in [3.05, 3.63) is 71.8 Å². The lowest BCUT2D eigenvalue weighted by Gasteiger charge is -2.43. The zero-order chi connectivity index (χ0) is 14.8. The summed E-state index contributed by atoms with van der Waals surface area (Å²) in [6.45, 7) is 1.37. The van der Waals surface area contributed by atoms with Crippen molar-refractivity contribution >= 4 is 0 Å². The quantitative estimate of drug-likeness (QED) is 0.893. The van der Waals surface area contributed by atoms with E-state index in [1.54, 1.807) is 0 Å². The van der Waals surface area contributed by atoms with Crippen LogP contribution in [0.4, 0.5) is 0 Å². The van der Waals surface area contributed by atoms with E-state index in [-0.39, 0.29) is 24.5 Å². The largest absolute Gasteiger partial charge is 0.357 e. The van der Waals surface area contributed by atoms with Crippen LogP contribution in [0.15, 0.2) is 60.7 Å². The van der Waals surface area contributed by atoms with Gasteiger partial charge in [-0.25, -0.2) is 0 Å². The Bertz CT molecular complexity index is 549. The van der Waals surface area contributed by atoms with Gasteiger partial charge < -0.3 is 9.47 Å². The summed E-state index contributed by atoms with van der Waals surface area (Å²) in [5, 5.41) is 7.07. The van der Waals surface area contributed by atoms with Crippen LogP contribution in [0.2, 0.25) is 0 Å². The van der Waals surface area contributed by atoms with Crippen LogP contribution >= 0.6 is 0 Å². The molecule has 0 aliphatic carbocycles. The monoisotopic (exact) mass is 296 g/mol.